The Bertz CT molecular complexity index is 1460. The van der Waals surface area contributed by atoms with E-state index in [4.69, 9.17) is 26.7 Å². The first kappa shape index (κ1) is 21.0. The Labute approximate surface area is 193 Å². The second-order valence-electron chi connectivity index (χ2n) is 7.85. The number of fused-ring (bicyclic) bond motifs is 3. The number of methoxy groups -OCH3 is 2. The molecule has 33 heavy (non-hydrogen) atoms. The molecular weight excluding hydrogens is 444 g/mol. The highest BCUT2D eigenvalue weighted by Crippen LogP contribution is 2.45. The second kappa shape index (κ2) is 7.62. The highest BCUT2D eigenvalue weighted by molar-refractivity contribution is 7.80. The Morgan fingerprint density at radius 1 is 0.939 bits per heavy atom. The van der Waals surface area contributed by atoms with Gasteiger partial charge in [0.2, 0.25) is 0 Å². The maximum atomic E-state index is 13.0. The first-order valence-electron chi connectivity index (χ1n) is 10.1. The molecule has 3 aliphatic heterocycles. The normalized spacial score (nSPS) is 21.1. The lowest BCUT2D eigenvalue weighted by molar-refractivity contribution is 0.354. The van der Waals surface area contributed by atoms with Gasteiger partial charge in [-0.3, -0.25) is 14.8 Å². The van der Waals surface area contributed by atoms with Crippen LogP contribution in [0.15, 0.2) is 54.0 Å². The number of H-pyrrole nitrogens is 2. The summed E-state index contributed by atoms with van der Waals surface area (Å²) in [6.07, 6.45) is 0. The summed E-state index contributed by atoms with van der Waals surface area (Å²) in [5.41, 5.74) is 2.92. The molecular formula is C22H20N6O4S. The first-order chi connectivity index (χ1) is 15.8. The van der Waals surface area contributed by atoms with Crippen LogP contribution in [0.1, 0.15) is 30.9 Å². The molecule has 2 aromatic rings. The van der Waals surface area contributed by atoms with Crippen LogP contribution in [0, 0.1) is 5.92 Å². The molecule has 4 heterocycles. The van der Waals surface area contributed by atoms with E-state index in [0.717, 1.165) is 22.7 Å². The minimum atomic E-state index is -0.639. The molecule has 3 N–H and O–H groups in total. The molecule has 0 spiro atoms. The Kier molecular flexibility index (Phi) is 4.85. The number of amidine groups is 1. The van der Waals surface area contributed by atoms with E-state index in [9.17, 15) is 9.59 Å². The molecule has 168 valence electrons. The van der Waals surface area contributed by atoms with Crippen molar-refractivity contribution < 1.29 is 9.47 Å². The summed E-state index contributed by atoms with van der Waals surface area (Å²) in [4.78, 5) is 43.7. The van der Waals surface area contributed by atoms with Gasteiger partial charge in [0.1, 0.15) is 5.82 Å². The SMILES string of the molecule is COc1ccc(C2C3=C4NC(=S)N=C(C)C4C(C)=NC3=Nc3[nH]c(=O)[nH]c(=O)c32)cc1OC. The number of nitrogens with zero attached hydrogens (tertiary/aromatic N) is 3. The van der Waals surface area contributed by atoms with Crippen molar-refractivity contribution in [2.24, 2.45) is 20.9 Å². The fourth-order valence-corrected chi connectivity index (χ4v) is 4.88. The summed E-state index contributed by atoms with van der Waals surface area (Å²) < 4.78 is 10.9. The smallest absolute Gasteiger partial charge is 0.327 e. The number of ether oxygens (including phenoxy) is 2. The third-order valence-electron chi connectivity index (χ3n) is 5.95. The molecule has 2 atom stereocenters. The van der Waals surface area contributed by atoms with Gasteiger partial charge in [-0.05, 0) is 43.8 Å². The predicted octanol–water partition coefficient (Wildman–Crippen LogP) is 1.95. The summed E-state index contributed by atoms with van der Waals surface area (Å²) in [7, 11) is 3.09. The van der Waals surface area contributed by atoms with Crippen molar-refractivity contribution in [3.05, 3.63) is 61.4 Å². The van der Waals surface area contributed by atoms with E-state index in [1.165, 1.54) is 0 Å². The monoisotopic (exact) mass is 464 g/mol. The lowest BCUT2D eigenvalue weighted by Gasteiger charge is -2.36. The number of aromatic nitrogens is 2. The van der Waals surface area contributed by atoms with E-state index in [1.54, 1.807) is 26.4 Å². The molecule has 2 unspecified atom stereocenters. The van der Waals surface area contributed by atoms with Crippen LogP contribution in [-0.2, 0) is 0 Å². The number of allylic oxidation sites excluding steroid dienone is 1. The fraction of sp³-hybridized carbons (Fsp3) is 0.273. The fourth-order valence-electron chi connectivity index (χ4n) is 4.62. The number of benzene rings is 1. The van der Waals surface area contributed by atoms with E-state index in [-0.39, 0.29) is 11.7 Å². The third-order valence-corrected chi connectivity index (χ3v) is 6.15. The average molecular weight is 465 g/mol. The Morgan fingerprint density at radius 3 is 2.39 bits per heavy atom. The van der Waals surface area contributed by atoms with E-state index < -0.39 is 17.2 Å². The minimum absolute atomic E-state index is 0.168. The van der Waals surface area contributed by atoms with Crippen LogP contribution in [0.3, 0.4) is 0 Å². The van der Waals surface area contributed by atoms with Crippen LogP contribution in [0.2, 0.25) is 0 Å². The number of hydrogen-bond acceptors (Lipinski definition) is 7. The molecule has 3 aliphatic rings. The number of dihydropyridines is 1. The van der Waals surface area contributed by atoms with Crippen molar-refractivity contribution in [3.63, 3.8) is 0 Å². The third kappa shape index (κ3) is 3.23. The van der Waals surface area contributed by atoms with Crippen molar-refractivity contribution in [2.45, 2.75) is 19.8 Å². The molecule has 0 amide bonds. The Hall–Kier alpha value is -3.86. The van der Waals surface area contributed by atoms with Crippen molar-refractivity contribution >= 4 is 40.4 Å². The first-order valence-corrected chi connectivity index (χ1v) is 10.6. The highest BCUT2D eigenvalue weighted by Gasteiger charge is 2.42. The average Bonchev–Trinajstić information content (AvgIpc) is 2.76. The molecule has 0 fully saturated rings. The van der Waals surface area contributed by atoms with Crippen LogP contribution < -0.4 is 26.0 Å². The number of nitrogens with one attached hydrogen (secondary N) is 3. The van der Waals surface area contributed by atoms with Crippen LogP contribution in [0.4, 0.5) is 5.82 Å². The summed E-state index contributed by atoms with van der Waals surface area (Å²) in [5.74, 6) is 0.789. The molecule has 0 aliphatic carbocycles. The van der Waals surface area contributed by atoms with E-state index >= 15 is 0 Å². The maximum absolute atomic E-state index is 13.0. The van der Waals surface area contributed by atoms with Gasteiger partial charge >= 0.3 is 5.69 Å². The van der Waals surface area contributed by atoms with Crippen LogP contribution in [0.25, 0.3) is 0 Å². The summed E-state index contributed by atoms with van der Waals surface area (Å²) in [5, 5.41) is 3.54. The summed E-state index contributed by atoms with van der Waals surface area (Å²) >= 11 is 5.37. The molecule has 11 heteroatoms. The van der Waals surface area contributed by atoms with Gasteiger partial charge in [0.15, 0.2) is 22.4 Å². The van der Waals surface area contributed by atoms with Gasteiger partial charge in [-0.1, -0.05) is 6.07 Å². The van der Waals surface area contributed by atoms with Gasteiger partial charge in [-0.2, -0.15) is 0 Å². The molecule has 10 nitrogen and oxygen atoms in total. The van der Waals surface area contributed by atoms with Crippen molar-refractivity contribution in [1.29, 1.82) is 0 Å². The van der Waals surface area contributed by atoms with E-state index in [2.05, 4.69) is 25.3 Å². The van der Waals surface area contributed by atoms with E-state index in [1.807, 2.05) is 19.9 Å². The molecule has 0 radical (unpaired) electrons. The van der Waals surface area contributed by atoms with Gasteiger partial charge in [0, 0.05) is 28.6 Å². The zero-order valence-corrected chi connectivity index (χ0v) is 19.1. The minimum Gasteiger partial charge on any atom is -0.493 e. The van der Waals surface area contributed by atoms with Gasteiger partial charge in [-0.15, -0.1) is 0 Å². The Morgan fingerprint density at radius 2 is 1.67 bits per heavy atom. The zero-order chi connectivity index (χ0) is 23.4. The highest BCUT2D eigenvalue weighted by atomic mass is 32.1. The second-order valence-corrected chi connectivity index (χ2v) is 8.24. The molecule has 0 saturated carbocycles. The zero-order valence-electron chi connectivity index (χ0n) is 18.3. The number of aliphatic imine (C=N–C) groups is 3. The summed E-state index contributed by atoms with van der Waals surface area (Å²) in [6, 6.07) is 5.42. The van der Waals surface area contributed by atoms with Gasteiger partial charge in [0.25, 0.3) is 5.56 Å². The number of thiocarbonyl (C=S) groups is 1. The van der Waals surface area contributed by atoms with Gasteiger partial charge in [0.05, 0.1) is 25.7 Å². The molecule has 0 saturated heterocycles. The van der Waals surface area contributed by atoms with E-state index in [0.29, 0.717) is 33.6 Å². The topological polar surface area (TPSA) is 133 Å². The Balaban J connectivity index is 1.86. The molecule has 0 bridgehead atoms. The largest absolute Gasteiger partial charge is 0.493 e. The van der Waals surface area contributed by atoms with Crippen molar-refractivity contribution in [2.75, 3.05) is 14.2 Å². The number of hydrogen-bond donors (Lipinski definition) is 3. The molecule has 1 aromatic heterocycles. The standard InChI is InChI=1S/C22H20N6O4S/c1-8-13-9(2)24-22(33)25-17(13)15-14(10-5-6-11(31-3)12(7-10)32-4)16-19(26-18(15)23-8)27-21(30)28-20(16)29/h5-7,13-14H,1-4H3,(H,25,33)(H2,27,28,29,30). The number of aromatic amines is 2. The van der Waals surface area contributed by atoms with Crippen molar-refractivity contribution in [1.82, 2.24) is 15.3 Å². The van der Waals surface area contributed by atoms with Gasteiger partial charge in [-0.25, -0.2) is 19.8 Å². The van der Waals surface area contributed by atoms with Crippen LogP contribution >= 0.6 is 12.2 Å². The van der Waals surface area contributed by atoms with Crippen LogP contribution in [0.5, 0.6) is 11.5 Å². The lowest BCUT2D eigenvalue weighted by atomic mass is 9.77. The van der Waals surface area contributed by atoms with Gasteiger partial charge < -0.3 is 14.8 Å². The molecule has 1 aromatic carbocycles. The maximum Gasteiger partial charge on any atom is 0.327 e. The van der Waals surface area contributed by atoms with Crippen molar-refractivity contribution in [3.8, 4) is 11.5 Å². The molecule has 5 rings (SSSR count). The summed E-state index contributed by atoms with van der Waals surface area (Å²) in [6.45, 7) is 3.78. The predicted molar refractivity (Wildman–Crippen MR) is 129 cm³/mol. The quantitative estimate of drug-likeness (QED) is 0.595. The number of rotatable bonds is 3. The van der Waals surface area contributed by atoms with Crippen LogP contribution in [-0.4, -0.2) is 46.6 Å². The lowest BCUT2D eigenvalue weighted by Crippen LogP contribution is -2.44.